The van der Waals surface area contributed by atoms with Crippen LogP contribution in [-0.2, 0) is 9.47 Å². The number of rotatable bonds is 4. The molecule has 0 amide bonds. The summed E-state index contributed by atoms with van der Waals surface area (Å²) in [7, 11) is 0. The van der Waals surface area contributed by atoms with E-state index in [1.807, 2.05) is 0 Å². The second-order valence-corrected chi connectivity index (χ2v) is 3.84. The van der Waals surface area contributed by atoms with Crippen LogP contribution in [0.2, 0.25) is 0 Å². The summed E-state index contributed by atoms with van der Waals surface area (Å²) in [6.07, 6.45) is 7.48. The minimum atomic E-state index is -0.100. The Labute approximate surface area is 95.0 Å². The van der Waals surface area contributed by atoms with E-state index in [1.165, 1.54) is 0 Å². The molecule has 2 N–H and O–H groups in total. The van der Waals surface area contributed by atoms with E-state index in [0.717, 1.165) is 38.2 Å². The first-order valence-electron chi connectivity index (χ1n) is 5.61. The van der Waals surface area contributed by atoms with Crippen LogP contribution in [0.15, 0.2) is 18.6 Å². The van der Waals surface area contributed by atoms with Gasteiger partial charge in [-0.3, -0.25) is 9.97 Å². The zero-order valence-electron chi connectivity index (χ0n) is 9.21. The predicted octanol–water partition coefficient (Wildman–Crippen LogP) is 1.02. The molecule has 0 aromatic carbocycles. The molecular weight excluding hydrogens is 206 g/mol. The third-order valence-electron chi connectivity index (χ3n) is 2.57. The predicted molar refractivity (Wildman–Crippen MR) is 58.5 cm³/mol. The van der Waals surface area contributed by atoms with Crippen molar-refractivity contribution < 1.29 is 9.47 Å². The summed E-state index contributed by atoms with van der Waals surface area (Å²) in [5, 5.41) is 0. The van der Waals surface area contributed by atoms with Gasteiger partial charge in [0.2, 0.25) is 0 Å². The summed E-state index contributed by atoms with van der Waals surface area (Å²) in [4.78, 5) is 8.17. The number of aromatic nitrogens is 2. The van der Waals surface area contributed by atoms with Crippen LogP contribution < -0.4 is 5.73 Å². The van der Waals surface area contributed by atoms with Crippen LogP contribution in [0.25, 0.3) is 0 Å². The van der Waals surface area contributed by atoms with Crippen molar-refractivity contribution in [1.82, 2.24) is 9.97 Å². The lowest BCUT2D eigenvalue weighted by molar-refractivity contribution is -0.182. The van der Waals surface area contributed by atoms with Gasteiger partial charge < -0.3 is 15.2 Å². The van der Waals surface area contributed by atoms with Crippen molar-refractivity contribution in [3.8, 4) is 0 Å². The summed E-state index contributed by atoms with van der Waals surface area (Å²) in [5.41, 5.74) is 6.82. The average Bonchev–Trinajstić information content (AvgIpc) is 2.38. The van der Waals surface area contributed by atoms with E-state index in [2.05, 4.69) is 9.97 Å². The van der Waals surface area contributed by atoms with Gasteiger partial charge in [0.1, 0.15) is 0 Å². The summed E-state index contributed by atoms with van der Waals surface area (Å²) >= 11 is 0. The Morgan fingerprint density at radius 3 is 2.88 bits per heavy atom. The van der Waals surface area contributed by atoms with Crippen molar-refractivity contribution >= 4 is 0 Å². The molecule has 0 bridgehead atoms. The van der Waals surface area contributed by atoms with Crippen molar-refractivity contribution in [3.63, 3.8) is 0 Å². The molecule has 0 radical (unpaired) electrons. The lowest BCUT2D eigenvalue weighted by Gasteiger charge is -2.24. The number of hydrogen-bond acceptors (Lipinski definition) is 5. The van der Waals surface area contributed by atoms with Crippen molar-refractivity contribution in [2.45, 2.75) is 31.6 Å². The van der Waals surface area contributed by atoms with E-state index in [9.17, 15) is 0 Å². The first-order valence-corrected chi connectivity index (χ1v) is 5.61. The largest absolute Gasteiger partial charge is 0.353 e. The molecule has 16 heavy (non-hydrogen) atoms. The second kappa shape index (κ2) is 5.89. The third kappa shape index (κ3) is 3.23. The maximum absolute atomic E-state index is 6.00. The van der Waals surface area contributed by atoms with Gasteiger partial charge in [0.05, 0.1) is 18.9 Å². The smallest absolute Gasteiger partial charge is 0.157 e. The summed E-state index contributed by atoms with van der Waals surface area (Å²) < 4.78 is 10.9. The van der Waals surface area contributed by atoms with Gasteiger partial charge in [-0.15, -0.1) is 0 Å². The highest BCUT2D eigenvalue weighted by Crippen LogP contribution is 2.17. The fourth-order valence-corrected chi connectivity index (χ4v) is 1.67. The van der Waals surface area contributed by atoms with Crippen molar-refractivity contribution in [1.29, 1.82) is 0 Å². The van der Waals surface area contributed by atoms with Crippen LogP contribution in [0, 0.1) is 0 Å². The molecular formula is C11H17N3O2. The van der Waals surface area contributed by atoms with E-state index in [1.54, 1.807) is 18.6 Å². The fourth-order valence-electron chi connectivity index (χ4n) is 1.67. The zero-order chi connectivity index (χ0) is 11.2. The van der Waals surface area contributed by atoms with E-state index in [-0.39, 0.29) is 12.3 Å². The first-order chi connectivity index (χ1) is 7.86. The lowest BCUT2D eigenvalue weighted by atomic mass is 10.1. The third-order valence-corrected chi connectivity index (χ3v) is 2.57. The van der Waals surface area contributed by atoms with Gasteiger partial charge in [0, 0.05) is 31.1 Å². The monoisotopic (exact) mass is 223 g/mol. The highest BCUT2D eigenvalue weighted by Gasteiger charge is 2.16. The topological polar surface area (TPSA) is 70.3 Å². The van der Waals surface area contributed by atoms with Gasteiger partial charge in [-0.1, -0.05) is 0 Å². The molecule has 5 heteroatoms. The number of ether oxygens (including phenoxy) is 2. The summed E-state index contributed by atoms with van der Waals surface area (Å²) in [6, 6.07) is -0.0946. The van der Waals surface area contributed by atoms with E-state index in [0.29, 0.717) is 0 Å². The molecule has 0 aliphatic carbocycles. The van der Waals surface area contributed by atoms with Gasteiger partial charge in [0.25, 0.3) is 0 Å². The molecule has 5 nitrogen and oxygen atoms in total. The first kappa shape index (κ1) is 11.4. The Hall–Kier alpha value is -1.04. The molecule has 1 aliphatic rings. The maximum atomic E-state index is 6.00. The van der Waals surface area contributed by atoms with Gasteiger partial charge >= 0.3 is 0 Å². The number of nitrogens with two attached hydrogens (primary N) is 1. The Morgan fingerprint density at radius 2 is 2.19 bits per heavy atom. The fraction of sp³-hybridized carbons (Fsp3) is 0.636. The molecule has 1 aromatic rings. The van der Waals surface area contributed by atoms with E-state index >= 15 is 0 Å². The molecule has 0 saturated carbocycles. The highest BCUT2D eigenvalue weighted by atomic mass is 16.7. The molecule has 1 unspecified atom stereocenters. The second-order valence-electron chi connectivity index (χ2n) is 3.84. The van der Waals surface area contributed by atoms with Gasteiger partial charge in [0.15, 0.2) is 6.29 Å². The van der Waals surface area contributed by atoms with Crippen molar-refractivity contribution in [2.75, 3.05) is 13.2 Å². The number of hydrogen-bond donors (Lipinski definition) is 1. The molecule has 2 rings (SSSR count). The molecule has 2 heterocycles. The Kier molecular flexibility index (Phi) is 4.21. The molecule has 1 aliphatic heterocycles. The van der Waals surface area contributed by atoms with Crippen molar-refractivity contribution in [2.24, 2.45) is 5.73 Å². The van der Waals surface area contributed by atoms with Crippen LogP contribution in [0.3, 0.4) is 0 Å². The molecule has 1 aromatic heterocycles. The zero-order valence-corrected chi connectivity index (χ0v) is 9.21. The Morgan fingerprint density at radius 1 is 1.38 bits per heavy atom. The molecule has 1 atom stereocenters. The summed E-state index contributed by atoms with van der Waals surface area (Å²) in [6.45, 7) is 1.57. The van der Waals surface area contributed by atoms with Crippen LogP contribution >= 0.6 is 0 Å². The van der Waals surface area contributed by atoms with Crippen LogP contribution in [0.5, 0.6) is 0 Å². The van der Waals surface area contributed by atoms with Gasteiger partial charge in [-0.25, -0.2) is 0 Å². The average molecular weight is 223 g/mol. The van der Waals surface area contributed by atoms with Crippen molar-refractivity contribution in [3.05, 3.63) is 24.3 Å². The lowest BCUT2D eigenvalue weighted by Crippen LogP contribution is -2.26. The Balaban J connectivity index is 1.77. The minimum Gasteiger partial charge on any atom is -0.353 e. The van der Waals surface area contributed by atoms with Gasteiger partial charge in [-0.2, -0.15) is 0 Å². The normalized spacial score (nSPS) is 19.6. The number of nitrogens with zero attached hydrogens (tertiary/aromatic N) is 2. The maximum Gasteiger partial charge on any atom is 0.157 e. The Bertz CT molecular complexity index is 301. The molecule has 88 valence electrons. The van der Waals surface area contributed by atoms with E-state index < -0.39 is 0 Å². The minimum absolute atomic E-state index is 0.0946. The van der Waals surface area contributed by atoms with E-state index in [4.69, 9.17) is 15.2 Å². The van der Waals surface area contributed by atoms with Gasteiger partial charge in [-0.05, 0) is 12.8 Å². The van der Waals surface area contributed by atoms with Crippen LogP contribution in [0.1, 0.15) is 31.0 Å². The van der Waals surface area contributed by atoms with Crippen LogP contribution in [-0.4, -0.2) is 29.5 Å². The molecule has 1 saturated heterocycles. The highest BCUT2D eigenvalue weighted by molar-refractivity contribution is 5.00. The molecule has 0 spiro atoms. The standard InChI is InChI=1S/C11H17N3O2/c12-9(10-8-13-4-5-14-10)2-3-11-15-6-1-7-16-11/h4-5,8-9,11H,1-3,6-7,12H2. The van der Waals surface area contributed by atoms with Crippen LogP contribution in [0.4, 0.5) is 0 Å². The quantitative estimate of drug-likeness (QED) is 0.825. The molecule has 1 fully saturated rings. The SMILES string of the molecule is NC(CCC1OCCCO1)c1cnccn1. The summed E-state index contributed by atoms with van der Waals surface area (Å²) in [5.74, 6) is 0.